The number of nitrogens with one attached hydrogen (secondary N) is 1. The molecule has 1 atom stereocenters. The first-order chi connectivity index (χ1) is 9.77. The molecule has 0 bridgehead atoms. The third-order valence-electron chi connectivity index (χ3n) is 3.76. The molecule has 21 heavy (non-hydrogen) atoms. The van der Waals surface area contributed by atoms with E-state index in [1.165, 1.54) is 0 Å². The van der Waals surface area contributed by atoms with Crippen molar-refractivity contribution >= 4 is 23.2 Å². The van der Waals surface area contributed by atoms with Gasteiger partial charge in [-0.3, -0.25) is 4.79 Å². The molecule has 0 saturated carbocycles. The lowest BCUT2D eigenvalue weighted by Gasteiger charge is -2.26. The number of hydrogen-bond donors (Lipinski definition) is 1. The molecular weight excluding hydrogens is 286 g/mol. The topological polar surface area (TPSA) is 38.3 Å². The van der Waals surface area contributed by atoms with E-state index < -0.39 is 0 Å². The van der Waals surface area contributed by atoms with Gasteiger partial charge in [0, 0.05) is 17.7 Å². The second-order valence-electron chi connectivity index (χ2n) is 6.41. The highest BCUT2D eigenvalue weighted by Crippen LogP contribution is 2.29. The Morgan fingerprint density at radius 2 is 2.05 bits per heavy atom. The van der Waals surface area contributed by atoms with Crippen molar-refractivity contribution in [3.05, 3.63) is 23.8 Å². The number of ether oxygens (including phenoxy) is 1. The lowest BCUT2D eigenvalue weighted by Crippen LogP contribution is -2.23. The molecule has 1 amide bonds. The zero-order valence-electron chi connectivity index (χ0n) is 13.6. The zero-order chi connectivity index (χ0) is 16.0. The average Bonchev–Trinajstić information content (AvgIpc) is 2.39. The molecule has 0 aromatic heterocycles. The van der Waals surface area contributed by atoms with Crippen LogP contribution in [-0.4, -0.2) is 12.5 Å². The summed E-state index contributed by atoms with van der Waals surface area (Å²) in [5, 5.41) is 2.94. The van der Waals surface area contributed by atoms with E-state index in [0.29, 0.717) is 24.8 Å². The maximum atomic E-state index is 12.1. The first-order valence-corrected chi connectivity index (χ1v) is 7.93. The van der Waals surface area contributed by atoms with E-state index in [2.05, 4.69) is 33.0 Å². The smallest absolute Gasteiger partial charge is 0.224 e. The normalized spacial score (nSPS) is 12.9. The maximum Gasteiger partial charge on any atom is 0.224 e. The van der Waals surface area contributed by atoms with E-state index in [9.17, 15) is 4.79 Å². The number of carbonyl (C=O) groups is 1. The molecular formula is C17H26ClNO2. The molecule has 0 radical (unpaired) electrons. The Kier molecular flexibility index (Phi) is 6.53. The van der Waals surface area contributed by atoms with E-state index in [0.717, 1.165) is 17.0 Å². The molecule has 0 aliphatic heterocycles. The van der Waals surface area contributed by atoms with Crippen LogP contribution in [0.2, 0.25) is 0 Å². The van der Waals surface area contributed by atoms with Crippen molar-refractivity contribution in [3.8, 4) is 5.75 Å². The van der Waals surface area contributed by atoms with Gasteiger partial charge in [0.15, 0.2) is 0 Å². The van der Waals surface area contributed by atoms with Crippen LogP contribution in [-0.2, 0) is 10.7 Å². The van der Waals surface area contributed by atoms with Crippen LogP contribution in [0.3, 0.4) is 0 Å². The Morgan fingerprint density at radius 1 is 1.38 bits per heavy atom. The van der Waals surface area contributed by atoms with Crippen LogP contribution in [0.1, 0.15) is 46.6 Å². The third kappa shape index (κ3) is 5.58. The van der Waals surface area contributed by atoms with E-state index in [1.54, 1.807) is 0 Å². The molecule has 1 aromatic rings. The van der Waals surface area contributed by atoms with Crippen molar-refractivity contribution in [1.82, 2.24) is 0 Å². The van der Waals surface area contributed by atoms with Crippen LogP contribution in [0, 0.1) is 11.3 Å². The highest BCUT2D eigenvalue weighted by Gasteiger charge is 2.22. The summed E-state index contributed by atoms with van der Waals surface area (Å²) in [4.78, 5) is 12.1. The monoisotopic (exact) mass is 311 g/mol. The van der Waals surface area contributed by atoms with Crippen LogP contribution in [0.25, 0.3) is 0 Å². The van der Waals surface area contributed by atoms with Gasteiger partial charge in [-0.2, -0.15) is 0 Å². The minimum Gasteiger partial charge on any atom is -0.494 e. The molecule has 1 rings (SSSR count). The number of carbonyl (C=O) groups excluding carboxylic acids is 1. The van der Waals surface area contributed by atoms with Gasteiger partial charge in [-0.25, -0.2) is 0 Å². The Bertz CT molecular complexity index is 480. The number of halogens is 1. The second-order valence-corrected chi connectivity index (χ2v) is 6.68. The zero-order valence-corrected chi connectivity index (χ0v) is 14.4. The van der Waals surface area contributed by atoms with Crippen molar-refractivity contribution in [1.29, 1.82) is 0 Å². The molecule has 1 N–H and O–H groups in total. The molecule has 1 unspecified atom stereocenters. The fourth-order valence-electron chi connectivity index (χ4n) is 1.85. The number of hydrogen-bond acceptors (Lipinski definition) is 2. The lowest BCUT2D eigenvalue weighted by atomic mass is 9.80. The van der Waals surface area contributed by atoms with Gasteiger partial charge in [-0.15, -0.1) is 11.6 Å². The molecule has 4 heteroatoms. The van der Waals surface area contributed by atoms with E-state index in [-0.39, 0.29) is 11.3 Å². The summed E-state index contributed by atoms with van der Waals surface area (Å²) in [6.07, 6.45) is 0.507. The van der Waals surface area contributed by atoms with Gasteiger partial charge in [0.25, 0.3) is 0 Å². The largest absolute Gasteiger partial charge is 0.494 e. The number of benzene rings is 1. The summed E-state index contributed by atoms with van der Waals surface area (Å²) in [7, 11) is 0. The van der Waals surface area contributed by atoms with Gasteiger partial charge in [0.1, 0.15) is 5.75 Å². The SMILES string of the molecule is CCOc1ccc(NC(=O)CC(C)C(C)(C)C)cc1CCl. The highest BCUT2D eigenvalue weighted by molar-refractivity contribution is 6.17. The van der Waals surface area contributed by atoms with Gasteiger partial charge in [0.05, 0.1) is 12.5 Å². The van der Waals surface area contributed by atoms with Crippen LogP contribution in [0.5, 0.6) is 5.75 Å². The molecule has 0 saturated heterocycles. The predicted molar refractivity (Wildman–Crippen MR) is 89.0 cm³/mol. The fraction of sp³-hybridized carbons (Fsp3) is 0.588. The predicted octanol–water partition coefficient (Wildman–Crippen LogP) is 4.83. The molecule has 3 nitrogen and oxygen atoms in total. The Balaban J connectivity index is 2.72. The number of alkyl halides is 1. The Morgan fingerprint density at radius 3 is 2.57 bits per heavy atom. The number of amides is 1. The Hall–Kier alpha value is -1.22. The maximum absolute atomic E-state index is 12.1. The molecule has 0 spiro atoms. The molecule has 1 aromatic carbocycles. The molecule has 0 aliphatic carbocycles. The van der Waals surface area contributed by atoms with Crippen molar-refractivity contribution in [2.75, 3.05) is 11.9 Å². The van der Waals surface area contributed by atoms with Gasteiger partial charge >= 0.3 is 0 Å². The Labute approximate surface area is 133 Å². The van der Waals surface area contributed by atoms with Gasteiger partial charge in [-0.05, 0) is 36.5 Å². The van der Waals surface area contributed by atoms with E-state index in [1.807, 2.05) is 25.1 Å². The van der Waals surface area contributed by atoms with E-state index in [4.69, 9.17) is 16.3 Å². The standard InChI is InChI=1S/C17H26ClNO2/c1-6-21-15-8-7-14(10-13(15)11-18)19-16(20)9-12(2)17(3,4)5/h7-8,10,12H,6,9,11H2,1-5H3,(H,19,20). The fourth-order valence-corrected chi connectivity index (χ4v) is 2.06. The van der Waals surface area contributed by atoms with Gasteiger partial charge in [-0.1, -0.05) is 27.7 Å². The van der Waals surface area contributed by atoms with Gasteiger partial charge in [0.2, 0.25) is 5.91 Å². The van der Waals surface area contributed by atoms with Crippen molar-refractivity contribution < 1.29 is 9.53 Å². The van der Waals surface area contributed by atoms with E-state index >= 15 is 0 Å². The first kappa shape index (κ1) is 17.8. The summed E-state index contributed by atoms with van der Waals surface area (Å²) in [5.41, 5.74) is 1.78. The lowest BCUT2D eigenvalue weighted by molar-refractivity contribution is -0.117. The third-order valence-corrected chi connectivity index (χ3v) is 4.05. The summed E-state index contributed by atoms with van der Waals surface area (Å²) in [5.74, 6) is 1.47. The first-order valence-electron chi connectivity index (χ1n) is 7.39. The molecule has 0 aliphatic rings. The van der Waals surface area contributed by atoms with Crippen molar-refractivity contribution in [2.24, 2.45) is 11.3 Å². The average molecular weight is 312 g/mol. The minimum atomic E-state index is 0.0297. The molecule has 118 valence electrons. The summed E-state index contributed by atoms with van der Waals surface area (Å²) >= 11 is 5.93. The van der Waals surface area contributed by atoms with Crippen LogP contribution in [0.15, 0.2) is 18.2 Å². The van der Waals surface area contributed by atoms with Gasteiger partial charge < -0.3 is 10.1 Å². The number of rotatable bonds is 6. The second kappa shape index (κ2) is 7.69. The van der Waals surface area contributed by atoms with Crippen molar-refractivity contribution in [2.45, 2.75) is 46.9 Å². The van der Waals surface area contributed by atoms with Crippen LogP contribution >= 0.6 is 11.6 Å². The highest BCUT2D eigenvalue weighted by atomic mass is 35.5. The van der Waals surface area contributed by atoms with Crippen LogP contribution < -0.4 is 10.1 Å². The quantitative estimate of drug-likeness (QED) is 0.764. The summed E-state index contributed by atoms with van der Waals surface area (Å²) in [6, 6.07) is 5.57. The summed E-state index contributed by atoms with van der Waals surface area (Å²) < 4.78 is 5.50. The summed E-state index contributed by atoms with van der Waals surface area (Å²) in [6.45, 7) is 11.1. The minimum absolute atomic E-state index is 0.0297. The molecule has 0 fully saturated rings. The molecule has 0 heterocycles. The number of anilines is 1. The van der Waals surface area contributed by atoms with Crippen molar-refractivity contribution in [3.63, 3.8) is 0 Å². The van der Waals surface area contributed by atoms with Crippen LogP contribution in [0.4, 0.5) is 5.69 Å².